The average Bonchev–Trinajstić information content (AvgIpc) is 3.41. The first-order chi connectivity index (χ1) is 16.8. The second-order valence-corrected chi connectivity index (χ2v) is 10.1. The van der Waals surface area contributed by atoms with Gasteiger partial charge in [-0.05, 0) is 55.9 Å². The number of aliphatic hydroxyl groups is 1. The zero-order chi connectivity index (χ0) is 24.3. The highest BCUT2D eigenvalue weighted by molar-refractivity contribution is 6.03. The number of rotatable bonds is 3. The number of imidazole rings is 1. The lowest BCUT2D eigenvalue weighted by molar-refractivity contribution is 0.104. The molecule has 3 unspecified atom stereocenters. The molecule has 0 amide bonds. The van der Waals surface area contributed by atoms with E-state index in [1.54, 1.807) is 17.8 Å². The molecule has 1 fully saturated rings. The molecule has 6 rings (SSSR count). The van der Waals surface area contributed by atoms with Crippen LogP contribution in [0.4, 0.5) is 0 Å². The average molecular weight is 471 g/mol. The third-order valence-corrected chi connectivity index (χ3v) is 7.66. The molecule has 1 aliphatic heterocycles. The Balaban J connectivity index is 1.45. The Morgan fingerprint density at radius 2 is 2.06 bits per heavy atom. The van der Waals surface area contributed by atoms with E-state index in [-0.39, 0.29) is 23.4 Å². The number of hydrogen-bond donors (Lipinski definition) is 2. The van der Waals surface area contributed by atoms with Gasteiger partial charge in [0.05, 0.1) is 40.6 Å². The van der Waals surface area contributed by atoms with Gasteiger partial charge in [-0.3, -0.25) is 18.8 Å². The minimum atomic E-state index is -0.364. The number of aromatic nitrogens is 5. The molecule has 3 aromatic heterocycles. The molecule has 1 saturated carbocycles. The van der Waals surface area contributed by atoms with Crippen molar-refractivity contribution in [2.45, 2.75) is 50.3 Å². The molecule has 8 nitrogen and oxygen atoms in total. The van der Waals surface area contributed by atoms with Gasteiger partial charge in [-0.2, -0.15) is 5.10 Å². The van der Waals surface area contributed by atoms with Gasteiger partial charge in [0.15, 0.2) is 0 Å². The summed E-state index contributed by atoms with van der Waals surface area (Å²) in [6, 6.07) is 6.21. The van der Waals surface area contributed by atoms with Gasteiger partial charge in [-0.1, -0.05) is 18.2 Å². The maximum atomic E-state index is 13.3. The Labute approximate surface area is 203 Å². The number of benzene rings is 1. The van der Waals surface area contributed by atoms with Crippen molar-refractivity contribution >= 4 is 27.5 Å². The van der Waals surface area contributed by atoms with Crippen LogP contribution in [0.15, 0.2) is 59.9 Å². The Bertz CT molecular complexity index is 1570. The summed E-state index contributed by atoms with van der Waals surface area (Å²) in [5, 5.41) is 19.1. The van der Waals surface area contributed by atoms with Crippen LogP contribution in [0.1, 0.15) is 49.8 Å². The second kappa shape index (κ2) is 7.95. The molecule has 1 aromatic carbocycles. The molecular weight excluding hydrogens is 440 g/mol. The first-order valence-electron chi connectivity index (χ1n) is 12.2. The summed E-state index contributed by atoms with van der Waals surface area (Å²) >= 11 is 0. The fourth-order valence-electron chi connectivity index (χ4n) is 5.55. The largest absolute Gasteiger partial charge is 0.393 e. The lowest BCUT2D eigenvalue weighted by Crippen LogP contribution is -2.35. The molecule has 0 saturated heterocycles. The van der Waals surface area contributed by atoms with Gasteiger partial charge in [0.2, 0.25) is 0 Å². The van der Waals surface area contributed by atoms with Crippen LogP contribution in [0.25, 0.3) is 27.5 Å². The van der Waals surface area contributed by atoms with Gasteiger partial charge in [0.1, 0.15) is 0 Å². The van der Waals surface area contributed by atoms with Crippen LogP contribution in [0.2, 0.25) is 0 Å². The summed E-state index contributed by atoms with van der Waals surface area (Å²) in [7, 11) is 3.72. The first kappa shape index (κ1) is 21.9. The molecule has 4 aromatic rings. The van der Waals surface area contributed by atoms with E-state index in [0.717, 1.165) is 57.9 Å². The minimum Gasteiger partial charge on any atom is -0.393 e. The van der Waals surface area contributed by atoms with E-state index < -0.39 is 0 Å². The van der Waals surface area contributed by atoms with Crippen LogP contribution in [-0.2, 0) is 19.6 Å². The van der Waals surface area contributed by atoms with Crippen molar-refractivity contribution in [2.24, 2.45) is 14.1 Å². The third-order valence-electron chi connectivity index (χ3n) is 7.66. The normalized spacial score (nSPS) is 24.6. The number of aliphatic hydroxyl groups excluding tert-OH is 1. The molecule has 180 valence electrons. The van der Waals surface area contributed by atoms with E-state index >= 15 is 0 Å². The third kappa shape index (κ3) is 3.51. The van der Waals surface area contributed by atoms with Gasteiger partial charge in [0, 0.05) is 43.5 Å². The highest BCUT2D eigenvalue weighted by Crippen LogP contribution is 2.35. The van der Waals surface area contributed by atoms with Crippen LogP contribution in [-0.4, -0.2) is 35.1 Å². The standard InChI is InChI=1S/C27H30N6O2/c1-27(19-14-30-31(2)16-19)10-9-18(13-29-27)17-7-8-23-22(11-17)25-24(15-28-23)32(3)26(35)33(25)20-5-4-6-21(34)12-20/h7-11,13-16,20-21,29,34H,4-6,12H2,1-3H3. The topological polar surface area (TPSA) is 89.9 Å². The predicted octanol–water partition coefficient (Wildman–Crippen LogP) is 3.51. The summed E-state index contributed by atoms with van der Waals surface area (Å²) in [4.78, 5) is 18.0. The van der Waals surface area contributed by atoms with E-state index in [9.17, 15) is 9.90 Å². The van der Waals surface area contributed by atoms with E-state index in [4.69, 9.17) is 0 Å². The fraction of sp³-hybridized carbons (Fsp3) is 0.370. The summed E-state index contributed by atoms with van der Waals surface area (Å²) in [5.41, 5.74) is 5.39. The van der Waals surface area contributed by atoms with E-state index in [2.05, 4.69) is 46.6 Å². The first-order valence-corrected chi connectivity index (χ1v) is 12.2. The Morgan fingerprint density at radius 1 is 1.20 bits per heavy atom. The quantitative estimate of drug-likeness (QED) is 0.478. The second-order valence-electron chi connectivity index (χ2n) is 10.1. The van der Waals surface area contributed by atoms with Crippen LogP contribution in [0, 0.1) is 0 Å². The summed E-state index contributed by atoms with van der Waals surface area (Å²) < 4.78 is 5.38. The molecule has 2 aliphatic rings. The molecule has 0 bridgehead atoms. The lowest BCUT2D eigenvalue weighted by atomic mass is 9.90. The maximum absolute atomic E-state index is 13.3. The number of hydrogen-bond acceptors (Lipinski definition) is 5. The Kier molecular flexibility index (Phi) is 4.96. The smallest absolute Gasteiger partial charge is 0.329 e. The number of fused-ring (bicyclic) bond motifs is 3. The molecule has 35 heavy (non-hydrogen) atoms. The Morgan fingerprint density at radius 3 is 2.77 bits per heavy atom. The molecule has 0 spiro atoms. The van der Waals surface area contributed by atoms with Crippen molar-refractivity contribution < 1.29 is 5.11 Å². The zero-order valence-electron chi connectivity index (χ0n) is 20.3. The molecule has 4 heterocycles. The zero-order valence-corrected chi connectivity index (χ0v) is 20.3. The summed E-state index contributed by atoms with van der Waals surface area (Å²) in [6.45, 7) is 2.13. The van der Waals surface area contributed by atoms with Crippen molar-refractivity contribution in [3.05, 3.63) is 76.8 Å². The number of pyridine rings is 1. The van der Waals surface area contributed by atoms with E-state index in [0.29, 0.717) is 6.42 Å². The molecular formula is C27H30N6O2. The van der Waals surface area contributed by atoms with Crippen molar-refractivity contribution in [3.8, 4) is 0 Å². The number of nitrogens with zero attached hydrogens (tertiary/aromatic N) is 5. The molecule has 8 heteroatoms. The fourth-order valence-corrected chi connectivity index (χ4v) is 5.55. The summed E-state index contributed by atoms with van der Waals surface area (Å²) in [5.74, 6) is 0. The van der Waals surface area contributed by atoms with Crippen LogP contribution < -0.4 is 11.0 Å². The lowest BCUT2D eigenvalue weighted by Gasteiger charge is -2.29. The number of dihydropyridines is 1. The number of allylic oxidation sites excluding steroid dienone is 2. The predicted molar refractivity (Wildman–Crippen MR) is 137 cm³/mol. The van der Waals surface area contributed by atoms with Crippen molar-refractivity contribution in [3.63, 3.8) is 0 Å². The molecule has 1 aliphatic carbocycles. The SMILES string of the molecule is Cn1cc(C2(C)C=CC(c3ccc4ncc5c(c4c3)n(C3CCCC(O)C3)c(=O)n5C)=CN2)cn1. The van der Waals surface area contributed by atoms with Gasteiger partial charge in [-0.25, -0.2) is 4.79 Å². The highest BCUT2D eigenvalue weighted by Gasteiger charge is 2.28. The Hall–Kier alpha value is -3.65. The van der Waals surface area contributed by atoms with Gasteiger partial charge in [0.25, 0.3) is 0 Å². The molecule has 0 radical (unpaired) electrons. The monoisotopic (exact) mass is 470 g/mol. The van der Waals surface area contributed by atoms with E-state index in [1.807, 2.05) is 41.0 Å². The molecule has 3 atom stereocenters. The van der Waals surface area contributed by atoms with Crippen LogP contribution in [0.3, 0.4) is 0 Å². The van der Waals surface area contributed by atoms with Gasteiger partial charge < -0.3 is 10.4 Å². The van der Waals surface area contributed by atoms with E-state index in [1.165, 1.54) is 0 Å². The molecule has 2 N–H and O–H groups in total. The minimum absolute atomic E-state index is 0.0140. The number of nitrogens with one attached hydrogen (secondary N) is 1. The van der Waals surface area contributed by atoms with Crippen LogP contribution in [0.5, 0.6) is 0 Å². The summed E-state index contributed by atoms with van der Waals surface area (Å²) in [6.07, 6.45) is 14.9. The van der Waals surface area contributed by atoms with Gasteiger partial charge >= 0.3 is 5.69 Å². The highest BCUT2D eigenvalue weighted by atomic mass is 16.3. The van der Waals surface area contributed by atoms with Crippen molar-refractivity contribution in [2.75, 3.05) is 0 Å². The maximum Gasteiger partial charge on any atom is 0.329 e. The van der Waals surface area contributed by atoms with Gasteiger partial charge in [-0.15, -0.1) is 0 Å². The van der Waals surface area contributed by atoms with Crippen LogP contribution >= 0.6 is 0 Å². The van der Waals surface area contributed by atoms with Crippen molar-refractivity contribution in [1.29, 1.82) is 0 Å². The van der Waals surface area contributed by atoms with Crippen molar-refractivity contribution in [1.82, 2.24) is 29.2 Å². The number of aryl methyl sites for hydroxylation is 2.